The average Bonchev–Trinajstić information content (AvgIpc) is 2.80. The molecule has 1 heteroatoms. The molecule has 0 radical (unpaired) electrons. The second-order valence-electron chi connectivity index (χ2n) is 3.51. The second-order valence-corrected chi connectivity index (χ2v) is 3.51. The monoisotopic (exact) mass is 156 g/mol. The lowest BCUT2D eigenvalue weighted by Gasteiger charge is -1.97. The smallest absolute Gasteiger partial charge is 0.0810 e. The van der Waals surface area contributed by atoms with Crippen LogP contribution in [0.2, 0.25) is 0 Å². The van der Waals surface area contributed by atoms with E-state index in [0.717, 1.165) is 6.61 Å². The summed E-state index contributed by atoms with van der Waals surface area (Å²) in [5.74, 6) is 0. The van der Waals surface area contributed by atoms with Crippen LogP contribution < -0.4 is 0 Å². The highest BCUT2D eigenvalue weighted by Gasteiger charge is 2.20. The van der Waals surface area contributed by atoms with Crippen molar-refractivity contribution < 1.29 is 4.74 Å². The quantitative estimate of drug-likeness (QED) is 0.407. The summed E-state index contributed by atoms with van der Waals surface area (Å²) < 4.78 is 5.14. The predicted molar refractivity (Wildman–Crippen MR) is 47.7 cm³/mol. The van der Waals surface area contributed by atoms with Crippen molar-refractivity contribution in [2.75, 3.05) is 6.61 Å². The van der Waals surface area contributed by atoms with E-state index in [1.165, 1.54) is 44.9 Å². The molecule has 11 heavy (non-hydrogen) atoms. The zero-order valence-electron chi connectivity index (χ0n) is 7.64. The maximum atomic E-state index is 5.14. The Kier molecular flexibility index (Phi) is 4.60. The molecule has 1 aliphatic heterocycles. The summed E-state index contributed by atoms with van der Waals surface area (Å²) in [5, 5.41) is 0. The number of unbranched alkanes of at least 4 members (excludes halogenated alkanes) is 5. The zero-order valence-corrected chi connectivity index (χ0v) is 7.64. The molecule has 0 unspecified atom stereocenters. The summed E-state index contributed by atoms with van der Waals surface area (Å²) in [6.07, 6.45) is 10.4. The fourth-order valence-electron chi connectivity index (χ4n) is 1.39. The predicted octanol–water partition coefficient (Wildman–Crippen LogP) is 3.14. The fourth-order valence-corrected chi connectivity index (χ4v) is 1.39. The van der Waals surface area contributed by atoms with Gasteiger partial charge >= 0.3 is 0 Å². The summed E-state index contributed by atoms with van der Waals surface area (Å²) in [5.41, 5.74) is 0. The first kappa shape index (κ1) is 9.05. The molecule has 1 saturated heterocycles. The van der Waals surface area contributed by atoms with Gasteiger partial charge in [-0.1, -0.05) is 45.4 Å². The van der Waals surface area contributed by atoms with Crippen molar-refractivity contribution in [3.8, 4) is 0 Å². The van der Waals surface area contributed by atoms with Gasteiger partial charge in [0, 0.05) is 0 Å². The van der Waals surface area contributed by atoms with Crippen molar-refractivity contribution in [1.82, 2.24) is 0 Å². The van der Waals surface area contributed by atoms with Crippen molar-refractivity contribution in [1.29, 1.82) is 0 Å². The molecule has 1 aliphatic rings. The van der Waals surface area contributed by atoms with Crippen LogP contribution in [0.1, 0.15) is 51.9 Å². The van der Waals surface area contributed by atoms with Crippen LogP contribution in [0.15, 0.2) is 0 Å². The third-order valence-corrected chi connectivity index (χ3v) is 2.28. The summed E-state index contributed by atoms with van der Waals surface area (Å²) in [7, 11) is 0. The lowest BCUT2D eigenvalue weighted by atomic mass is 10.1. The minimum atomic E-state index is 0.654. The molecule has 0 N–H and O–H groups in total. The van der Waals surface area contributed by atoms with Crippen LogP contribution in [0, 0.1) is 0 Å². The minimum absolute atomic E-state index is 0.654. The Balaban J connectivity index is 1.66. The third-order valence-electron chi connectivity index (χ3n) is 2.28. The van der Waals surface area contributed by atoms with E-state index in [2.05, 4.69) is 6.92 Å². The molecule has 0 aromatic heterocycles. The minimum Gasteiger partial charge on any atom is -0.373 e. The lowest BCUT2D eigenvalue weighted by molar-refractivity contribution is 0.387. The molecule has 1 rings (SSSR count). The van der Waals surface area contributed by atoms with E-state index in [4.69, 9.17) is 4.74 Å². The van der Waals surface area contributed by atoms with Gasteiger partial charge in [-0.05, 0) is 6.42 Å². The summed E-state index contributed by atoms with van der Waals surface area (Å²) in [4.78, 5) is 0. The van der Waals surface area contributed by atoms with Gasteiger partial charge in [0.25, 0.3) is 0 Å². The molecule has 0 aliphatic carbocycles. The maximum Gasteiger partial charge on any atom is 0.0810 e. The molecule has 0 spiro atoms. The first-order valence-corrected chi connectivity index (χ1v) is 5.05. The van der Waals surface area contributed by atoms with Gasteiger partial charge in [-0.3, -0.25) is 0 Å². The molecular formula is C10H20O. The van der Waals surface area contributed by atoms with Crippen LogP contribution in [0.4, 0.5) is 0 Å². The number of epoxide rings is 1. The molecule has 1 atom stereocenters. The highest BCUT2D eigenvalue weighted by molar-refractivity contribution is 4.68. The van der Waals surface area contributed by atoms with Crippen molar-refractivity contribution in [3.05, 3.63) is 0 Å². The molecule has 1 heterocycles. The van der Waals surface area contributed by atoms with Crippen LogP contribution in [0.25, 0.3) is 0 Å². The summed E-state index contributed by atoms with van der Waals surface area (Å²) in [6.45, 7) is 3.30. The highest BCUT2D eigenvalue weighted by Crippen LogP contribution is 2.17. The number of hydrogen-bond acceptors (Lipinski definition) is 1. The number of ether oxygens (including phenoxy) is 1. The standard InChI is InChI=1S/C10H20O/c1-2-3-4-5-6-7-8-10-9-11-10/h10H,2-9H2,1H3/t10-/m1/s1. The Labute approximate surface area is 70.1 Å². The summed E-state index contributed by atoms with van der Waals surface area (Å²) in [6, 6.07) is 0. The van der Waals surface area contributed by atoms with E-state index in [1.54, 1.807) is 0 Å². The van der Waals surface area contributed by atoms with Crippen LogP contribution in [-0.4, -0.2) is 12.7 Å². The number of rotatable bonds is 7. The second kappa shape index (κ2) is 5.59. The Morgan fingerprint density at radius 2 is 1.73 bits per heavy atom. The summed E-state index contributed by atoms with van der Waals surface area (Å²) >= 11 is 0. The molecule has 1 fully saturated rings. The van der Waals surface area contributed by atoms with E-state index in [9.17, 15) is 0 Å². The van der Waals surface area contributed by atoms with Crippen molar-refractivity contribution in [2.45, 2.75) is 58.0 Å². The fraction of sp³-hybridized carbons (Fsp3) is 1.00. The Bertz CT molecular complexity index is 86.9. The highest BCUT2D eigenvalue weighted by atomic mass is 16.6. The van der Waals surface area contributed by atoms with Gasteiger partial charge in [0.15, 0.2) is 0 Å². The van der Waals surface area contributed by atoms with E-state index in [1.807, 2.05) is 0 Å². The topological polar surface area (TPSA) is 12.5 Å². The van der Waals surface area contributed by atoms with Gasteiger partial charge in [0.2, 0.25) is 0 Å². The third kappa shape index (κ3) is 5.25. The lowest BCUT2D eigenvalue weighted by Crippen LogP contribution is -1.85. The van der Waals surface area contributed by atoms with Crippen molar-refractivity contribution in [2.24, 2.45) is 0 Å². The normalized spacial score (nSPS) is 22.1. The first-order chi connectivity index (χ1) is 5.43. The van der Waals surface area contributed by atoms with Crippen LogP contribution in [0.5, 0.6) is 0 Å². The molecule has 0 aromatic rings. The average molecular weight is 156 g/mol. The van der Waals surface area contributed by atoms with Crippen LogP contribution in [0.3, 0.4) is 0 Å². The van der Waals surface area contributed by atoms with Gasteiger partial charge in [-0.15, -0.1) is 0 Å². The van der Waals surface area contributed by atoms with Gasteiger partial charge in [0.1, 0.15) is 0 Å². The molecule has 0 bridgehead atoms. The van der Waals surface area contributed by atoms with E-state index in [-0.39, 0.29) is 0 Å². The molecule has 0 amide bonds. The Morgan fingerprint density at radius 1 is 1.09 bits per heavy atom. The van der Waals surface area contributed by atoms with E-state index in [0.29, 0.717) is 6.10 Å². The molecule has 0 saturated carbocycles. The molecular weight excluding hydrogens is 136 g/mol. The molecule has 0 aromatic carbocycles. The largest absolute Gasteiger partial charge is 0.373 e. The maximum absolute atomic E-state index is 5.14. The molecule has 1 nitrogen and oxygen atoms in total. The van der Waals surface area contributed by atoms with Crippen molar-refractivity contribution in [3.63, 3.8) is 0 Å². The van der Waals surface area contributed by atoms with Gasteiger partial charge in [0.05, 0.1) is 12.7 Å². The van der Waals surface area contributed by atoms with E-state index >= 15 is 0 Å². The van der Waals surface area contributed by atoms with Crippen LogP contribution >= 0.6 is 0 Å². The van der Waals surface area contributed by atoms with Crippen molar-refractivity contribution >= 4 is 0 Å². The first-order valence-electron chi connectivity index (χ1n) is 5.05. The Hall–Kier alpha value is -0.0400. The zero-order chi connectivity index (χ0) is 7.94. The van der Waals surface area contributed by atoms with E-state index < -0.39 is 0 Å². The SMILES string of the molecule is CCCCCCCC[C@@H]1CO1. The van der Waals surface area contributed by atoms with Gasteiger partial charge < -0.3 is 4.74 Å². The van der Waals surface area contributed by atoms with Gasteiger partial charge in [-0.2, -0.15) is 0 Å². The van der Waals surface area contributed by atoms with Gasteiger partial charge in [-0.25, -0.2) is 0 Å². The Morgan fingerprint density at radius 3 is 2.36 bits per heavy atom. The molecule has 66 valence electrons. The number of hydrogen-bond donors (Lipinski definition) is 0. The van der Waals surface area contributed by atoms with Crippen LogP contribution in [-0.2, 0) is 4.74 Å².